The van der Waals surface area contributed by atoms with E-state index in [4.69, 9.17) is 61.0 Å². The second-order valence-corrected chi connectivity index (χ2v) is 8.13. The van der Waals surface area contributed by atoms with Gasteiger partial charge < -0.3 is 19.9 Å². The molecule has 0 atom stereocenters. The minimum Gasteiger partial charge on any atom is -0.493 e. The molecule has 0 aliphatic carbocycles. The first-order chi connectivity index (χ1) is 14.8. The number of ether oxygens (including phenoxy) is 2. The number of carboxylic acid groups (broad SMARTS) is 1. The van der Waals surface area contributed by atoms with Crippen LogP contribution in [0, 0.1) is 0 Å². The van der Waals surface area contributed by atoms with Crippen LogP contribution in [0.2, 0.25) is 20.1 Å². The summed E-state index contributed by atoms with van der Waals surface area (Å²) in [4.78, 5) is 11.2. The van der Waals surface area contributed by atoms with E-state index in [2.05, 4.69) is 5.32 Å². The molecule has 5 nitrogen and oxygen atoms in total. The molecule has 3 aromatic carbocycles. The summed E-state index contributed by atoms with van der Waals surface area (Å²) >= 11 is 24.6. The van der Waals surface area contributed by atoms with Gasteiger partial charge in [0.15, 0.2) is 11.5 Å². The summed E-state index contributed by atoms with van der Waals surface area (Å²) in [6.07, 6.45) is 0. The molecule has 3 aromatic rings. The van der Waals surface area contributed by atoms with Crippen LogP contribution < -0.4 is 14.8 Å². The lowest BCUT2D eigenvalue weighted by atomic mass is 10.1. The van der Waals surface area contributed by atoms with Crippen molar-refractivity contribution in [2.24, 2.45) is 0 Å². The highest BCUT2D eigenvalue weighted by Gasteiger charge is 2.14. The van der Waals surface area contributed by atoms with Gasteiger partial charge in [-0.15, -0.1) is 0 Å². The Morgan fingerprint density at radius 2 is 1.61 bits per heavy atom. The molecule has 0 heterocycles. The van der Waals surface area contributed by atoms with E-state index in [1.54, 1.807) is 24.3 Å². The smallest absolute Gasteiger partial charge is 0.335 e. The standard InChI is InChI=1S/C22H17Cl4NO4/c1-30-20-8-13(10-27-19-9-14(22(28)29)3-5-16(19)24)7-18(26)21(20)31-11-12-2-4-15(23)17(25)6-12/h2-9,27H,10-11H2,1H3,(H,28,29). The summed E-state index contributed by atoms with van der Waals surface area (Å²) in [5, 5.41) is 13.9. The number of methoxy groups -OCH3 is 1. The van der Waals surface area contributed by atoms with Crippen LogP contribution in [-0.2, 0) is 13.2 Å². The molecule has 0 saturated carbocycles. The van der Waals surface area contributed by atoms with Gasteiger partial charge in [0.25, 0.3) is 0 Å². The number of aromatic carboxylic acids is 1. The first-order valence-electron chi connectivity index (χ1n) is 8.98. The van der Waals surface area contributed by atoms with E-state index in [0.717, 1.165) is 11.1 Å². The molecule has 31 heavy (non-hydrogen) atoms. The zero-order valence-electron chi connectivity index (χ0n) is 16.2. The van der Waals surface area contributed by atoms with Crippen molar-refractivity contribution in [1.82, 2.24) is 0 Å². The molecule has 0 unspecified atom stereocenters. The molecule has 9 heteroatoms. The zero-order valence-corrected chi connectivity index (χ0v) is 19.2. The molecule has 0 fully saturated rings. The maximum absolute atomic E-state index is 11.2. The van der Waals surface area contributed by atoms with Crippen molar-refractivity contribution >= 4 is 58.1 Å². The highest BCUT2D eigenvalue weighted by molar-refractivity contribution is 6.42. The molecule has 0 aromatic heterocycles. The maximum atomic E-state index is 11.2. The molecule has 0 spiro atoms. The van der Waals surface area contributed by atoms with Gasteiger partial charge in [-0.2, -0.15) is 0 Å². The Kier molecular flexibility index (Phi) is 7.79. The predicted molar refractivity (Wildman–Crippen MR) is 125 cm³/mol. The lowest BCUT2D eigenvalue weighted by Gasteiger charge is -2.15. The van der Waals surface area contributed by atoms with Crippen LogP contribution in [0.1, 0.15) is 21.5 Å². The van der Waals surface area contributed by atoms with E-state index in [9.17, 15) is 4.79 Å². The van der Waals surface area contributed by atoms with Gasteiger partial charge >= 0.3 is 5.97 Å². The lowest BCUT2D eigenvalue weighted by Crippen LogP contribution is -2.04. The molecule has 3 rings (SSSR count). The molecular formula is C22H17Cl4NO4. The molecule has 0 aliphatic heterocycles. The average molecular weight is 501 g/mol. The predicted octanol–water partition coefficient (Wildman–Crippen LogP) is 7.20. The third kappa shape index (κ3) is 5.89. The van der Waals surface area contributed by atoms with Crippen molar-refractivity contribution in [1.29, 1.82) is 0 Å². The molecule has 0 bridgehead atoms. The van der Waals surface area contributed by atoms with Crippen molar-refractivity contribution in [3.63, 3.8) is 0 Å². The first kappa shape index (κ1) is 23.4. The fourth-order valence-corrected chi connectivity index (χ4v) is 3.58. The zero-order chi connectivity index (χ0) is 22.5. The van der Waals surface area contributed by atoms with E-state index >= 15 is 0 Å². The molecule has 162 valence electrons. The van der Waals surface area contributed by atoms with E-state index in [1.807, 2.05) is 6.07 Å². The topological polar surface area (TPSA) is 67.8 Å². The SMILES string of the molecule is COc1cc(CNc2cc(C(=O)O)ccc2Cl)cc(Cl)c1OCc1ccc(Cl)c(Cl)c1. The van der Waals surface area contributed by atoms with Gasteiger partial charge in [-0.1, -0.05) is 52.5 Å². The number of anilines is 1. The van der Waals surface area contributed by atoms with Crippen LogP contribution in [-0.4, -0.2) is 18.2 Å². The number of nitrogens with one attached hydrogen (secondary N) is 1. The van der Waals surface area contributed by atoms with Gasteiger partial charge in [0, 0.05) is 6.54 Å². The minimum absolute atomic E-state index is 0.133. The largest absolute Gasteiger partial charge is 0.493 e. The fraction of sp³-hybridized carbons (Fsp3) is 0.136. The summed E-state index contributed by atoms with van der Waals surface area (Å²) in [6.45, 7) is 0.564. The third-order valence-corrected chi connectivity index (χ3v) is 5.70. The highest BCUT2D eigenvalue weighted by Crippen LogP contribution is 2.37. The first-order valence-corrected chi connectivity index (χ1v) is 10.5. The van der Waals surface area contributed by atoms with Gasteiger partial charge in [-0.25, -0.2) is 4.79 Å². The van der Waals surface area contributed by atoms with Gasteiger partial charge in [0.1, 0.15) is 6.61 Å². The van der Waals surface area contributed by atoms with Crippen LogP contribution in [0.4, 0.5) is 5.69 Å². The van der Waals surface area contributed by atoms with E-state index in [0.29, 0.717) is 43.8 Å². The summed E-state index contributed by atoms with van der Waals surface area (Å²) in [5.41, 5.74) is 2.25. The Morgan fingerprint density at radius 1 is 0.903 bits per heavy atom. The van der Waals surface area contributed by atoms with Gasteiger partial charge in [-0.3, -0.25) is 0 Å². The fourth-order valence-electron chi connectivity index (χ4n) is 2.79. The number of benzene rings is 3. The number of carbonyl (C=O) groups is 1. The molecule has 2 N–H and O–H groups in total. The third-order valence-electron chi connectivity index (χ3n) is 4.35. The van der Waals surface area contributed by atoms with Crippen molar-refractivity contribution in [3.05, 3.63) is 85.3 Å². The number of rotatable bonds is 8. The molecule has 0 amide bonds. The van der Waals surface area contributed by atoms with Crippen LogP contribution in [0.25, 0.3) is 0 Å². The van der Waals surface area contributed by atoms with Crippen molar-refractivity contribution < 1.29 is 19.4 Å². The minimum atomic E-state index is -1.03. The summed E-state index contributed by atoms with van der Waals surface area (Å²) in [5.74, 6) is -0.187. The second kappa shape index (κ2) is 10.3. The van der Waals surface area contributed by atoms with Crippen LogP contribution in [0.15, 0.2) is 48.5 Å². The molecule has 0 saturated heterocycles. The normalized spacial score (nSPS) is 10.6. The lowest BCUT2D eigenvalue weighted by molar-refractivity contribution is 0.0697. The molecular weight excluding hydrogens is 484 g/mol. The van der Waals surface area contributed by atoms with E-state index in [-0.39, 0.29) is 12.2 Å². The van der Waals surface area contributed by atoms with Gasteiger partial charge in [0.05, 0.1) is 38.5 Å². The Balaban J connectivity index is 1.75. The van der Waals surface area contributed by atoms with Crippen molar-refractivity contribution in [3.8, 4) is 11.5 Å². The van der Waals surface area contributed by atoms with Gasteiger partial charge in [-0.05, 0) is 53.6 Å². The van der Waals surface area contributed by atoms with E-state index in [1.165, 1.54) is 25.3 Å². The maximum Gasteiger partial charge on any atom is 0.335 e. The molecule has 0 aliphatic rings. The van der Waals surface area contributed by atoms with Crippen LogP contribution in [0.5, 0.6) is 11.5 Å². The Bertz CT molecular complexity index is 1120. The summed E-state index contributed by atoms with van der Waals surface area (Å²) in [6, 6.07) is 13.2. The van der Waals surface area contributed by atoms with Crippen LogP contribution in [0.3, 0.4) is 0 Å². The summed E-state index contributed by atoms with van der Waals surface area (Å²) < 4.78 is 11.3. The number of hydrogen-bond acceptors (Lipinski definition) is 4. The van der Waals surface area contributed by atoms with Crippen LogP contribution >= 0.6 is 46.4 Å². The number of halogens is 4. The molecule has 0 radical (unpaired) electrons. The number of carboxylic acids is 1. The van der Waals surface area contributed by atoms with Crippen molar-refractivity contribution in [2.75, 3.05) is 12.4 Å². The Labute approximate surface area is 199 Å². The average Bonchev–Trinajstić information content (AvgIpc) is 2.74. The highest BCUT2D eigenvalue weighted by atomic mass is 35.5. The van der Waals surface area contributed by atoms with Gasteiger partial charge in [0.2, 0.25) is 0 Å². The van der Waals surface area contributed by atoms with E-state index < -0.39 is 5.97 Å². The number of hydrogen-bond donors (Lipinski definition) is 2. The Morgan fingerprint density at radius 3 is 2.29 bits per heavy atom. The van der Waals surface area contributed by atoms with Crippen molar-refractivity contribution in [2.45, 2.75) is 13.2 Å². The summed E-state index contributed by atoms with van der Waals surface area (Å²) in [7, 11) is 1.52. The monoisotopic (exact) mass is 499 g/mol. The quantitative estimate of drug-likeness (QED) is 0.342. The Hall–Kier alpha value is -2.31. The second-order valence-electron chi connectivity index (χ2n) is 6.50.